The lowest BCUT2D eigenvalue weighted by Crippen LogP contribution is -2.16. The van der Waals surface area contributed by atoms with Crippen LogP contribution in [0.25, 0.3) is 0 Å². The Kier molecular flexibility index (Phi) is 5.82. The number of methoxy groups -OCH3 is 1. The van der Waals surface area contributed by atoms with Crippen molar-refractivity contribution in [3.05, 3.63) is 23.8 Å². The van der Waals surface area contributed by atoms with Gasteiger partial charge < -0.3 is 9.47 Å². The van der Waals surface area contributed by atoms with Gasteiger partial charge in [-0.05, 0) is 24.6 Å². The van der Waals surface area contributed by atoms with E-state index in [1.54, 1.807) is 18.2 Å². The van der Waals surface area contributed by atoms with E-state index in [0.717, 1.165) is 0 Å². The summed E-state index contributed by atoms with van der Waals surface area (Å²) in [6, 6.07) is 4.73. The number of carbonyl (C=O) groups is 1. The average Bonchev–Trinajstić information content (AvgIpc) is 2.38. The van der Waals surface area contributed by atoms with Crippen LogP contribution in [-0.4, -0.2) is 39.9 Å². The number of carbonyl (C=O) groups excluding carboxylic acids is 1. The Morgan fingerprint density at radius 3 is 2.53 bits per heavy atom. The molecule has 0 unspecified atom stereocenters. The Morgan fingerprint density at radius 1 is 1.21 bits per heavy atom. The standard InChI is InChI=1S/C13H18O5S/c1-3-7-19(15,16)8-6-18-12-5-4-11(10-14)9-13(12)17-2/h4-5,9-10H,3,6-8H2,1-2H3. The number of hydrogen-bond acceptors (Lipinski definition) is 5. The summed E-state index contributed by atoms with van der Waals surface area (Å²) in [6.45, 7) is 1.89. The molecule has 0 aliphatic carbocycles. The van der Waals surface area contributed by atoms with Crippen LogP contribution in [0, 0.1) is 0 Å². The molecule has 0 bridgehead atoms. The summed E-state index contributed by atoms with van der Waals surface area (Å²) in [5.41, 5.74) is 0.475. The van der Waals surface area contributed by atoms with Gasteiger partial charge in [0.25, 0.3) is 0 Å². The number of rotatable bonds is 8. The van der Waals surface area contributed by atoms with E-state index in [1.807, 2.05) is 6.92 Å². The molecule has 1 rings (SSSR count). The van der Waals surface area contributed by atoms with Crippen molar-refractivity contribution in [2.24, 2.45) is 0 Å². The van der Waals surface area contributed by atoms with Crippen LogP contribution in [0.1, 0.15) is 23.7 Å². The molecule has 0 spiro atoms. The summed E-state index contributed by atoms with van der Waals surface area (Å²) in [7, 11) is -1.59. The van der Waals surface area contributed by atoms with Gasteiger partial charge in [0, 0.05) is 5.56 Å². The highest BCUT2D eigenvalue weighted by Crippen LogP contribution is 2.27. The van der Waals surface area contributed by atoms with Crippen molar-refractivity contribution < 1.29 is 22.7 Å². The summed E-state index contributed by atoms with van der Waals surface area (Å²) in [5, 5.41) is 0. The summed E-state index contributed by atoms with van der Waals surface area (Å²) < 4.78 is 33.5. The Balaban J connectivity index is 2.65. The first kappa shape index (κ1) is 15.5. The van der Waals surface area contributed by atoms with Crippen LogP contribution in [-0.2, 0) is 9.84 Å². The van der Waals surface area contributed by atoms with Gasteiger partial charge in [-0.25, -0.2) is 8.42 Å². The largest absolute Gasteiger partial charge is 0.493 e. The maximum Gasteiger partial charge on any atom is 0.161 e. The maximum absolute atomic E-state index is 11.5. The van der Waals surface area contributed by atoms with E-state index in [1.165, 1.54) is 7.11 Å². The molecule has 1 aromatic carbocycles. The summed E-state index contributed by atoms with van der Waals surface area (Å²) in [4.78, 5) is 10.6. The molecular formula is C13H18O5S. The van der Waals surface area contributed by atoms with Crippen molar-refractivity contribution in [2.45, 2.75) is 13.3 Å². The fraction of sp³-hybridized carbons (Fsp3) is 0.462. The third-order valence-electron chi connectivity index (χ3n) is 2.49. The predicted octanol–water partition coefficient (Wildman–Crippen LogP) is 1.71. The van der Waals surface area contributed by atoms with Crippen molar-refractivity contribution in [2.75, 3.05) is 25.2 Å². The minimum Gasteiger partial charge on any atom is -0.493 e. The third kappa shape index (κ3) is 4.90. The summed E-state index contributed by atoms with van der Waals surface area (Å²) >= 11 is 0. The van der Waals surface area contributed by atoms with Gasteiger partial charge in [0.2, 0.25) is 0 Å². The quantitative estimate of drug-likeness (QED) is 0.680. The molecule has 0 fully saturated rings. The van der Waals surface area contributed by atoms with Gasteiger partial charge in [-0.2, -0.15) is 0 Å². The number of aldehydes is 1. The van der Waals surface area contributed by atoms with Crippen LogP contribution in [0.5, 0.6) is 11.5 Å². The van der Waals surface area contributed by atoms with E-state index >= 15 is 0 Å². The Bertz CT molecular complexity index is 522. The van der Waals surface area contributed by atoms with Gasteiger partial charge >= 0.3 is 0 Å². The minimum absolute atomic E-state index is 0.0283. The molecule has 0 heterocycles. The first-order valence-electron chi connectivity index (χ1n) is 5.99. The van der Waals surface area contributed by atoms with Crippen LogP contribution in [0.2, 0.25) is 0 Å². The van der Waals surface area contributed by atoms with E-state index in [0.29, 0.717) is 29.8 Å². The van der Waals surface area contributed by atoms with Crippen LogP contribution < -0.4 is 9.47 Å². The van der Waals surface area contributed by atoms with Crippen LogP contribution in [0.3, 0.4) is 0 Å². The van der Waals surface area contributed by atoms with E-state index in [4.69, 9.17) is 9.47 Å². The normalized spacial score (nSPS) is 11.1. The second kappa shape index (κ2) is 7.13. The molecule has 106 valence electrons. The number of ether oxygens (including phenoxy) is 2. The minimum atomic E-state index is -3.06. The molecule has 5 nitrogen and oxygen atoms in total. The molecule has 0 radical (unpaired) electrons. The lowest BCUT2D eigenvalue weighted by Gasteiger charge is -2.11. The van der Waals surface area contributed by atoms with E-state index < -0.39 is 9.84 Å². The third-order valence-corrected chi connectivity index (χ3v) is 4.31. The second-order valence-corrected chi connectivity index (χ2v) is 6.33. The highest BCUT2D eigenvalue weighted by molar-refractivity contribution is 7.91. The van der Waals surface area contributed by atoms with Gasteiger partial charge in [-0.1, -0.05) is 6.92 Å². The van der Waals surface area contributed by atoms with Crippen LogP contribution in [0.4, 0.5) is 0 Å². The van der Waals surface area contributed by atoms with Crippen LogP contribution in [0.15, 0.2) is 18.2 Å². The van der Waals surface area contributed by atoms with Crippen molar-refractivity contribution in [1.29, 1.82) is 0 Å². The highest BCUT2D eigenvalue weighted by atomic mass is 32.2. The fourth-order valence-electron chi connectivity index (χ4n) is 1.57. The van der Waals surface area contributed by atoms with Gasteiger partial charge in [0.05, 0.1) is 18.6 Å². The van der Waals surface area contributed by atoms with E-state index in [-0.39, 0.29) is 18.1 Å². The molecule has 0 aliphatic rings. The second-order valence-electron chi connectivity index (χ2n) is 4.03. The number of hydrogen-bond donors (Lipinski definition) is 0. The molecule has 0 saturated heterocycles. The Labute approximate surface area is 113 Å². The van der Waals surface area contributed by atoms with Gasteiger partial charge in [0.15, 0.2) is 21.3 Å². The van der Waals surface area contributed by atoms with E-state index in [2.05, 4.69) is 0 Å². The molecule has 19 heavy (non-hydrogen) atoms. The molecular weight excluding hydrogens is 268 g/mol. The van der Waals surface area contributed by atoms with Gasteiger partial charge in [0.1, 0.15) is 12.9 Å². The van der Waals surface area contributed by atoms with Gasteiger partial charge in [-0.3, -0.25) is 4.79 Å². The zero-order valence-corrected chi connectivity index (χ0v) is 11.9. The van der Waals surface area contributed by atoms with E-state index in [9.17, 15) is 13.2 Å². The Morgan fingerprint density at radius 2 is 1.95 bits per heavy atom. The number of benzene rings is 1. The Hall–Kier alpha value is -1.56. The fourth-order valence-corrected chi connectivity index (χ4v) is 2.73. The molecule has 0 aliphatic heterocycles. The first-order chi connectivity index (χ1) is 9.02. The monoisotopic (exact) mass is 286 g/mol. The first-order valence-corrected chi connectivity index (χ1v) is 7.81. The van der Waals surface area contributed by atoms with Gasteiger partial charge in [-0.15, -0.1) is 0 Å². The SMILES string of the molecule is CCCS(=O)(=O)CCOc1ccc(C=O)cc1OC. The predicted molar refractivity (Wildman–Crippen MR) is 72.8 cm³/mol. The molecule has 0 amide bonds. The maximum atomic E-state index is 11.5. The molecule has 0 aromatic heterocycles. The van der Waals surface area contributed by atoms with Crippen molar-refractivity contribution in [3.63, 3.8) is 0 Å². The van der Waals surface area contributed by atoms with Crippen LogP contribution >= 0.6 is 0 Å². The molecule has 0 saturated carbocycles. The smallest absolute Gasteiger partial charge is 0.161 e. The molecule has 0 N–H and O–H groups in total. The zero-order chi connectivity index (χ0) is 14.3. The van der Waals surface area contributed by atoms with Crippen molar-refractivity contribution in [3.8, 4) is 11.5 Å². The summed E-state index contributed by atoms with van der Waals surface area (Å²) in [6.07, 6.45) is 1.30. The average molecular weight is 286 g/mol. The zero-order valence-electron chi connectivity index (χ0n) is 11.1. The highest BCUT2D eigenvalue weighted by Gasteiger charge is 2.11. The summed E-state index contributed by atoms with van der Waals surface area (Å²) in [5.74, 6) is 0.981. The topological polar surface area (TPSA) is 69.7 Å². The van der Waals surface area contributed by atoms with Crippen molar-refractivity contribution >= 4 is 16.1 Å². The lowest BCUT2D eigenvalue weighted by molar-refractivity contribution is 0.112. The molecule has 1 aromatic rings. The molecule has 6 heteroatoms. The molecule has 0 atom stereocenters. The van der Waals surface area contributed by atoms with Crippen molar-refractivity contribution in [1.82, 2.24) is 0 Å². The lowest BCUT2D eigenvalue weighted by atomic mass is 10.2. The number of sulfone groups is 1.